The number of methoxy groups -OCH3 is 3. The summed E-state index contributed by atoms with van der Waals surface area (Å²) in [5.74, 6) is 2.02. The molecule has 17 heavy (non-hydrogen) atoms. The van der Waals surface area contributed by atoms with Crippen LogP contribution in [0.4, 0.5) is 0 Å². The summed E-state index contributed by atoms with van der Waals surface area (Å²) in [5.41, 5.74) is 1.12. The lowest BCUT2D eigenvalue weighted by Crippen LogP contribution is -2.14. The van der Waals surface area contributed by atoms with E-state index < -0.39 is 0 Å². The van der Waals surface area contributed by atoms with Crippen molar-refractivity contribution in [3.63, 3.8) is 0 Å². The molecule has 0 unspecified atom stereocenters. The summed E-state index contributed by atoms with van der Waals surface area (Å²) in [6.07, 6.45) is 1.12. The van der Waals surface area contributed by atoms with Gasteiger partial charge in [-0.05, 0) is 30.7 Å². The van der Waals surface area contributed by atoms with E-state index in [4.69, 9.17) is 14.2 Å². The predicted molar refractivity (Wildman–Crippen MR) is 68.1 cm³/mol. The average Bonchev–Trinajstić information content (AvgIpc) is 2.37. The van der Waals surface area contributed by atoms with Crippen LogP contribution in [0.1, 0.15) is 18.9 Å². The summed E-state index contributed by atoms with van der Waals surface area (Å²) < 4.78 is 15.9. The molecule has 0 heterocycles. The first-order chi connectivity index (χ1) is 8.26. The number of rotatable bonds is 7. The molecule has 0 bridgehead atoms. The van der Waals surface area contributed by atoms with Gasteiger partial charge in [0.1, 0.15) is 0 Å². The Hall–Kier alpha value is -1.42. The Kier molecular flexibility index (Phi) is 5.63. The van der Waals surface area contributed by atoms with Gasteiger partial charge in [0, 0.05) is 6.54 Å². The molecule has 4 nitrogen and oxygen atoms in total. The maximum Gasteiger partial charge on any atom is 0.203 e. The van der Waals surface area contributed by atoms with Crippen molar-refractivity contribution in [3.05, 3.63) is 17.7 Å². The monoisotopic (exact) mass is 239 g/mol. The summed E-state index contributed by atoms with van der Waals surface area (Å²) in [7, 11) is 4.86. The SMILES string of the molecule is CCCNCc1cc(OC)c(OC)c(OC)c1. The van der Waals surface area contributed by atoms with Crippen LogP contribution in [-0.4, -0.2) is 27.9 Å². The minimum absolute atomic E-state index is 0.634. The summed E-state index contributed by atoms with van der Waals surface area (Å²) in [6.45, 7) is 3.93. The van der Waals surface area contributed by atoms with Crippen molar-refractivity contribution < 1.29 is 14.2 Å². The molecule has 96 valence electrons. The van der Waals surface area contributed by atoms with E-state index in [2.05, 4.69) is 12.2 Å². The van der Waals surface area contributed by atoms with E-state index in [0.717, 1.165) is 25.1 Å². The van der Waals surface area contributed by atoms with Crippen LogP contribution in [0.15, 0.2) is 12.1 Å². The van der Waals surface area contributed by atoms with Gasteiger partial charge in [0.05, 0.1) is 21.3 Å². The largest absolute Gasteiger partial charge is 0.493 e. The first-order valence-electron chi connectivity index (χ1n) is 5.76. The van der Waals surface area contributed by atoms with Gasteiger partial charge in [-0.2, -0.15) is 0 Å². The molecule has 0 aliphatic rings. The highest BCUT2D eigenvalue weighted by atomic mass is 16.5. The molecule has 0 saturated carbocycles. The lowest BCUT2D eigenvalue weighted by molar-refractivity contribution is 0.323. The minimum Gasteiger partial charge on any atom is -0.493 e. The van der Waals surface area contributed by atoms with Gasteiger partial charge < -0.3 is 19.5 Å². The Morgan fingerprint density at radius 2 is 1.59 bits per heavy atom. The lowest BCUT2D eigenvalue weighted by atomic mass is 10.1. The zero-order valence-corrected chi connectivity index (χ0v) is 11.0. The number of benzene rings is 1. The number of ether oxygens (including phenoxy) is 3. The normalized spacial score (nSPS) is 10.1. The number of hydrogen-bond donors (Lipinski definition) is 1. The Morgan fingerprint density at radius 3 is 2.00 bits per heavy atom. The predicted octanol–water partition coefficient (Wildman–Crippen LogP) is 2.21. The highest BCUT2D eigenvalue weighted by Crippen LogP contribution is 2.38. The maximum atomic E-state index is 5.29. The summed E-state index contributed by atoms with van der Waals surface area (Å²) in [5, 5.41) is 3.34. The highest BCUT2D eigenvalue weighted by Gasteiger charge is 2.12. The summed E-state index contributed by atoms with van der Waals surface area (Å²) >= 11 is 0. The standard InChI is InChI=1S/C13H21NO3/c1-5-6-14-9-10-7-11(15-2)13(17-4)12(8-10)16-3/h7-8,14H,5-6,9H2,1-4H3. The van der Waals surface area contributed by atoms with E-state index in [-0.39, 0.29) is 0 Å². The Bertz CT molecular complexity index is 328. The van der Waals surface area contributed by atoms with E-state index in [9.17, 15) is 0 Å². The van der Waals surface area contributed by atoms with E-state index in [0.29, 0.717) is 17.2 Å². The van der Waals surface area contributed by atoms with Crippen molar-refractivity contribution in [1.29, 1.82) is 0 Å². The fraction of sp³-hybridized carbons (Fsp3) is 0.538. The second-order valence-electron chi connectivity index (χ2n) is 3.71. The average molecular weight is 239 g/mol. The van der Waals surface area contributed by atoms with Gasteiger partial charge in [-0.1, -0.05) is 6.92 Å². The van der Waals surface area contributed by atoms with Gasteiger partial charge in [0.15, 0.2) is 11.5 Å². The fourth-order valence-electron chi connectivity index (χ4n) is 1.65. The van der Waals surface area contributed by atoms with Gasteiger partial charge in [-0.3, -0.25) is 0 Å². The molecule has 0 fully saturated rings. The molecule has 1 aromatic carbocycles. The van der Waals surface area contributed by atoms with Gasteiger partial charge in [0.2, 0.25) is 5.75 Å². The molecule has 0 radical (unpaired) electrons. The zero-order valence-electron chi connectivity index (χ0n) is 11.0. The van der Waals surface area contributed by atoms with Crippen LogP contribution in [0.5, 0.6) is 17.2 Å². The molecule has 4 heteroatoms. The van der Waals surface area contributed by atoms with Crippen LogP contribution >= 0.6 is 0 Å². The molecule has 0 saturated heterocycles. The first kappa shape index (κ1) is 13.6. The van der Waals surface area contributed by atoms with Crippen molar-refractivity contribution in [1.82, 2.24) is 5.32 Å². The fourth-order valence-corrected chi connectivity index (χ4v) is 1.65. The summed E-state index contributed by atoms with van der Waals surface area (Å²) in [4.78, 5) is 0. The minimum atomic E-state index is 0.634. The van der Waals surface area contributed by atoms with E-state index in [1.165, 1.54) is 0 Å². The van der Waals surface area contributed by atoms with Crippen LogP contribution in [0.3, 0.4) is 0 Å². The Balaban J connectivity index is 2.92. The molecule has 0 aliphatic carbocycles. The van der Waals surface area contributed by atoms with Crippen LogP contribution in [0, 0.1) is 0 Å². The molecular weight excluding hydrogens is 218 g/mol. The van der Waals surface area contributed by atoms with Crippen molar-refractivity contribution in [2.24, 2.45) is 0 Å². The van der Waals surface area contributed by atoms with Gasteiger partial charge in [0.25, 0.3) is 0 Å². The molecule has 1 N–H and O–H groups in total. The third-order valence-corrected chi connectivity index (χ3v) is 2.48. The van der Waals surface area contributed by atoms with Crippen LogP contribution in [0.2, 0.25) is 0 Å². The molecule has 0 atom stereocenters. The summed E-state index contributed by atoms with van der Waals surface area (Å²) in [6, 6.07) is 3.92. The smallest absolute Gasteiger partial charge is 0.203 e. The zero-order chi connectivity index (χ0) is 12.7. The second kappa shape index (κ2) is 7.01. The molecule has 0 aromatic heterocycles. The van der Waals surface area contributed by atoms with Crippen LogP contribution < -0.4 is 19.5 Å². The lowest BCUT2D eigenvalue weighted by Gasteiger charge is -2.14. The van der Waals surface area contributed by atoms with Crippen molar-refractivity contribution in [2.45, 2.75) is 19.9 Å². The third-order valence-electron chi connectivity index (χ3n) is 2.48. The van der Waals surface area contributed by atoms with E-state index >= 15 is 0 Å². The van der Waals surface area contributed by atoms with Gasteiger partial charge in [-0.25, -0.2) is 0 Å². The third kappa shape index (κ3) is 3.53. The Labute approximate surface area is 103 Å². The molecule has 0 spiro atoms. The van der Waals surface area contributed by atoms with Gasteiger partial charge >= 0.3 is 0 Å². The number of nitrogens with one attached hydrogen (secondary N) is 1. The molecular formula is C13H21NO3. The van der Waals surface area contributed by atoms with Crippen molar-refractivity contribution in [2.75, 3.05) is 27.9 Å². The highest BCUT2D eigenvalue weighted by molar-refractivity contribution is 5.53. The molecule has 1 aromatic rings. The molecule has 0 aliphatic heterocycles. The Morgan fingerprint density at radius 1 is 1.00 bits per heavy atom. The first-order valence-corrected chi connectivity index (χ1v) is 5.76. The topological polar surface area (TPSA) is 39.7 Å². The van der Waals surface area contributed by atoms with E-state index in [1.807, 2.05) is 12.1 Å². The molecule has 1 rings (SSSR count). The molecule has 0 amide bonds. The number of hydrogen-bond acceptors (Lipinski definition) is 4. The van der Waals surface area contributed by atoms with Crippen LogP contribution in [-0.2, 0) is 6.54 Å². The van der Waals surface area contributed by atoms with Crippen molar-refractivity contribution in [3.8, 4) is 17.2 Å². The second-order valence-corrected chi connectivity index (χ2v) is 3.71. The van der Waals surface area contributed by atoms with Crippen molar-refractivity contribution >= 4 is 0 Å². The van der Waals surface area contributed by atoms with Gasteiger partial charge in [-0.15, -0.1) is 0 Å². The maximum absolute atomic E-state index is 5.29. The van der Waals surface area contributed by atoms with E-state index in [1.54, 1.807) is 21.3 Å². The quantitative estimate of drug-likeness (QED) is 0.741. The van der Waals surface area contributed by atoms with Crippen LogP contribution in [0.25, 0.3) is 0 Å².